The van der Waals surface area contributed by atoms with Gasteiger partial charge in [-0.3, -0.25) is 0 Å². The third-order valence-corrected chi connectivity index (χ3v) is 3.01. The highest BCUT2D eigenvalue weighted by Crippen LogP contribution is 2.30. The van der Waals surface area contributed by atoms with Gasteiger partial charge in [-0.2, -0.15) is 0 Å². The van der Waals surface area contributed by atoms with Crippen LogP contribution in [0.2, 0.25) is 0 Å². The Morgan fingerprint density at radius 3 is 2.95 bits per heavy atom. The van der Waals surface area contributed by atoms with E-state index in [4.69, 9.17) is 14.2 Å². The summed E-state index contributed by atoms with van der Waals surface area (Å²) in [5, 5.41) is 5.55. The Balaban J connectivity index is 1.62. The second-order valence-electron chi connectivity index (χ2n) is 4.68. The molecular weight excluding hydrogens is 272 g/mol. The van der Waals surface area contributed by atoms with Crippen molar-refractivity contribution < 1.29 is 19.0 Å². The molecule has 0 spiro atoms. The monoisotopic (exact) mass is 294 g/mol. The van der Waals surface area contributed by atoms with Crippen LogP contribution < -0.4 is 20.1 Å². The number of urea groups is 1. The largest absolute Gasteiger partial charge is 0.486 e. The third-order valence-electron chi connectivity index (χ3n) is 3.01. The molecule has 0 fully saturated rings. The highest BCUT2D eigenvalue weighted by atomic mass is 16.6. The first-order valence-electron chi connectivity index (χ1n) is 7.27. The lowest BCUT2D eigenvalue weighted by atomic mass is 10.2. The van der Waals surface area contributed by atoms with Crippen LogP contribution in [0.25, 0.3) is 0 Å². The summed E-state index contributed by atoms with van der Waals surface area (Å²) in [7, 11) is 0. The first-order chi connectivity index (χ1) is 10.3. The number of nitrogens with one attached hydrogen (secondary N) is 2. The summed E-state index contributed by atoms with van der Waals surface area (Å²) in [6.45, 7) is 4.74. The van der Waals surface area contributed by atoms with Crippen LogP contribution >= 0.6 is 0 Å². The standard InChI is InChI=1S/C15H22N2O4/c1-2-19-9-5-8-16-15(18)17-10-12-11-20-13-6-3-4-7-14(13)21-12/h3-4,6-7,12H,2,5,8-11H2,1H3,(H2,16,17,18)/t12-/m1/s1. The van der Waals surface area contributed by atoms with E-state index in [1.165, 1.54) is 0 Å². The molecular formula is C15H22N2O4. The maximum absolute atomic E-state index is 11.6. The van der Waals surface area contributed by atoms with Crippen LogP contribution in [0.3, 0.4) is 0 Å². The number of fused-ring (bicyclic) bond motifs is 1. The summed E-state index contributed by atoms with van der Waals surface area (Å²) >= 11 is 0. The van der Waals surface area contributed by atoms with Gasteiger partial charge in [0, 0.05) is 19.8 Å². The third kappa shape index (κ3) is 5.15. The van der Waals surface area contributed by atoms with Crippen LogP contribution in [0.5, 0.6) is 11.5 Å². The highest BCUT2D eigenvalue weighted by molar-refractivity contribution is 5.73. The Morgan fingerprint density at radius 2 is 2.14 bits per heavy atom. The molecule has 2 amide bonds. The SMILES string of the molecule is CCOCCCNC(=O)NC[C@@H]1COc2ccccc2O1. The molecule has 0 aromatic heterocycles. The van der Waals surface area contributed by atoms with E-state index in [0.717, 1.165) is 12.2 Å². The van der Waals surface area contributed by atoms with E-state index in [9.17, 15) is 4.79 Å². The van der Waals surface area contributed by atoms with Gasteiger partial charge in [-0.15, -0.1) is 0 Å². The Bertz CT molecular complexity index is 453. The normalized spacial score (nSPS) is 16.3. The zero-order valence-corrected chi connectivity index (χ0v) is 12.3. The van der Waals surface area contributed by atoms with Crippen LogP contribution in [0.1, 0.15) is 13.3 Å². The minimum absolute atomic E-state index is 0.172. The van der Waals surface area contributed by atoms with Crippen molar-refractivity contribution in [2.75, 3.05) is 32.9 Å². The van der Waals surface area contributed by atoms with Gasteiger partial charge in [0.05, 0.1) is 6.54 Å². The van der Waals surface area contributed by atoms with Gasteiger partial charge in [0.2, 0.25) is 0 Å². The smallest absolute Gasteiger partial charge is 0.314 e. The van der Waals surface area contributed by atoms with Crippen LogP contribution in [-0.4, -0.2) is 45.0 Å². The minimum Gasteiger partial charge on any atom is -0.486 e. The molecule has 2 rings (SSSR count). The zero-order valence-electron chi connectivity index (χ0n) is 12.3. The zero-order chi connectivity index (χ0) is 14.9. The number of hydrogen-bond acceptors (Lipinski definition) is 4. The Hall–Kier alpha value is -1.95. The molecule has 21 heavy (non-hydrogen) atoms. The van der Waals surface area contributed by atoms with Gasteiger partial charge in [0.1, 0.15) is 6.61 Å². The number of ether oxygens (including phenoxy) is 3. The molecule has 0 bridgehead atoms. The number of carbonyl (C=O) groups excluding carboxylic acids is 1. The fourth-order valence-electron chi connectivity index (χ4n) is 1.95. The molecule has 116 valence electrons. The van der Waals surface area contributed by atoms with Crippen LogP contribution in [0, 0.1) is 0 Å². The van der Waals surface area contributed by atoms with Crippen molar-refractivity contribution in [1.82, 2.24) is 10.6 Å². The van der Waals surface area contributed by atoms with E-state index in [2.05, 4.69) is 10.6 Å². The van der Waals surface area contributed by atoms with E-state index < -0.39 is 0 Å². The first-order valence-corrected chi connectivity index (χ1v) is 7.27. The average molecular weight is 294 g/mol. The number of rotatable bonds is 7. The number of hydrogen-bond donors (Lipinski definition) is 2. The van der Waals surface area contributed by atoms with Gasteiger partial charge in [-0.1, -0.05) is 12.1 Å². The van der Waals surface area contributed by atoms with Crippen molar-refractivity contribution in [3.05, 3.63) is 24.3 Å². The predicted molar refractivity (Wildman–Crippen MR) is 78.9 cm³/mol. The summed E-state index contributed by atoms with van der Waals surface area (Å²) in [5.74, 6) is 1.46. The lowest BCUT2D eigenvalue weighted by Crippen LogP contribution is -2.44. The minimum atomic E-state index is -0.200. The van der Waals surface area contributed by atoms with Crippen molar-refractivity contribution in [1.29, 1.82) is 0 Å². The molecule has 0 saturated heterocycles. The lowest BCUT2D eigenvalue weighted by Gasteiger charge is -2.26. The molecule has 6 heteroatoms. The molecule has 1 aliphatic heterocycles. The van der Waals surface area contributed by atoms with Gasteiger partial charge < -0.3 is 24.8 Å². The van der Waals surface area contributed by atoms with Crippen LogP contribution in [-0.2, 0) is 4.74 Å². The second kappa shape index (κ2) is 8.36. The van der Waals surface area contributed by atoms with Gasteiger partial charge in [0.25, 0.3) is 0 Å². The van der Waals surface area contributed by atoms with E-state index in [-0.39, 0.29) is 12.1 Å². The van der Waals surface area contributed by atoms with Crippen molar-refractivity contribution in [3.63, 3.8) is 0 Å². The van der Waals surface area contributed by atoms with Crippen molar-refractivity contribution in [2.24, 2.45) is 0 Å². The quantitative estimate of drug-likeness (QED) is 0.749. The molecule has 0 radical (unpaired) electrons. The fourth-order valence-corrected chi connectivity index (χ4v) is 1.95. The topological polar surface area (TPSA) is 68.8 Å². The van der Waals surface area contributed by atoms with Gasteiger partial charge in [0.15, 0.2) is 17.6 Å². The molecule has 0 aliphatic carbocycles. The van der Waals surface area contributed by atoms with E-state index in [0.29, 0.717) is 38.7 Å². The van der Waals surface area contributed by atoms with E-state index in [1.54, 1.807) is 0 Å². The van der Waals surface area contributed by atoms with Gasteiger partial charge in [-0.25, -0.2) is 4.79 Å². The number of para-hydroxylation sites is 2. The predicted octanol–water partition coefficient (Wildman–Crippen LogP) is 1.55. The van der Waals surface area contributed by atoms with Crippen molar-refractivity contribution in [3.8, 4) is 11.5 Å². The van der Waals surface area contributed by atoms with E-state index >= 15 is 0 Å². The van der Waals surface area contributed by atoms with Crippen LogP contribution in [0.4, 0.5) is 4.79 Å². The molecule has 1 atom stereocenters. The second-order valence-corrected chi connectivity index (χ2v) is 4.68. The van der Waals surface area contributed by atoms with Crippen LogP contribution in [0.15, 0.2) is 24.3 Å². The van der Waals surface area contributed by atoms with Crippen molar-refractivity contribution >= 4 is 6.03 Å². The average Bonchev–Trinajstić information content (AvgIpc) is 2.52. The summed E-state index contributed by atoms with van der Waals surface area (Å²) < 4.78 is 16.5. The number of benzene rings is 1. The summed E-state index contributed by atoms with van der Waals surface area (Å²) in [6, 6.07) is 7.31. The molecule has 1 aromatic rings. The molecule has 1 heterocycles. The maximum atomic E-state index is 11.6. The summed E-state index contributed by atoms with van der Waals surface area (Å²) in [5.41, 5.74) is 0. The Morgan fingerprint density at radius 1 is 1.33 bits per heavy atom. The molecule has 0 saturated carbocycles. The Labute approximate surface area is 124 Å². The molecule has 1 aliphatic rings. The lowest BCUT2D eigenvalue weighted by molar-refractivity contribution is 0.0917. The summed E-state index contributed by atoms with van der Waals surface area (Å²) in [6.07, 6.45) is 0.631. The highest BCUT2D eigenvalue weighted by Gasteiger charge is 2.20. The van der Waals surface area contributed by atoms with Gasteiger partial charge >= 0.3 is 6.03 Å². The summed E-state index contributed by atoms with van der Waals surface area (Å²) in [4.78, 5) is 11.6. The molecule has 2 N–H and O–H groups in total. The number of amides is 2. The molecule has 1 aromatic carbocycles. The first kappa shape index (κ1) is 15.4. The maximum Gasteiger partial charge on any atom is 0.314 e. The number of carbonyl (C=O) groups is 1. The Kier molecular flexibility index (Phi) is 6.15. The fraction of sp³-hybridized carbons (Fsp3) is 0.533. The molecule has 6 nitrogen and oxygen atoms in total. The van der Waals surface area contributed by atoms with Gasteiger partial charge in [-0.05, 0) is 25.5 Å². The van der Waals surface area contributed by atoms with Crippen molar-refractivity contribution in [2.45, 2.75) is 19.4 Å². The molecule has 0 unspecified atom stereocenters. The van der Waals surface area contributed by atoms with E-state index in [1.807, 2.05) is 31.2 Å².